The van der Waals surface area contributed by atoms with E-state index >= 15 is 0 Å². The van der Waals surface area contributed by atoms with Crippen molar-refractivity contribution in [1.29, 1.82) is 0 Å². The maximum atomic E-state index is 12.1. The van der Waals surface area contributed by atoms with E-state index in [1.165, 1.54) is 0 Å². The number of esters is 1. The summed E-state index contributed by atoms with van der Waals surface area (Å²) in [6.45, 7) is 4.37. The van der Waals surface area contributed by atoms with E-state index in [0.717, 1.165) is 43.2 Å². The topological polar surface area (TPSA) is 63.6 Å². The molecule has 1 N–H and O–H groups in total. The van der Waals surface area contributed by atoms with Crippen LogP contribution in [-0.2, 0) is 14.3 Å². The summed E-state index contributed by atoms with van der Waals surface area (Å²) in [6, 6.07) is 9.77. The molecule has 0 radical (unpaired) electrons. The van der Waals surface area contributed by atoms with Crippen LogP contribution in [0.5, 0.6) is 0 Å². The standard InChI is InChI=1S/C20H28O4/c1-3-5-10-17(14-16-11-8-7-9-12-16)15-18(19(21)22)20(23)24-13-6-4-2/h7-9,11-12,14,18H,3-6,10,13,15H2,1-2H3,(H,21,22)/b17-14-. The zero-order valence-electron chi connectivity index (χ0n) is 14.7. The van der Waals surface area contributed by atoms with Gasteiger partial charge in [-0.1, -0.05) is 68.7 Å². The number of carbonyl (C=O) groups is 2. The molecular weight excluding hydrogens is 304 g/mol. The van der Waals surface area contributed by atoms with Crippen molar-refractivity contribution in [3.8, 4) is 0 Å². The highest BCUT2D eigenvalue weighted by atomic mass is 16.5. The fourth-order valence-electron chi connectivity index (χ4n) is 2.37. The number of hydrogen-bond donors (Lipinski definition) is 1. The molecule has 1 atom stereocenters. The van der Waals surface area contributed by atoms with Crippen molar-refractivity contribution in [3.63, 3.8) is 0 Å². The Kier molecular flexibility index (Phi) is 9.51. The van der Waals surface area contributed by atoms with Crippen LogP contribution in [-0.4, -0.2) is 23.7 Å². The van der Waals surface area contributed by atoms with Gasteiger partial charge in [0.25, 0.3) is 0 Å². The van der Waals surface area contributed by atoms with Crippen molar-refractivity contribution in [2.45, 2.75) is 52.4 Å². The Bertz CT molecular complexity index is 534. The lowest BCUT2D eigenvalue weighted by atomic mass is 9.94. The molecule has 0 aliphatic carbocycles. The third-order valence-corrected chi connectivity index (χ3v) is 3.81. The highest BCUT2D eigenvalue weighted by molar-refractivity contribution is 5.94. The molecule has 0 saturated carbocycles. The van der Waals surface area contributed by atoms with Crippen molar-refractivity contribution in [2.24, 2.45) is 5.92 Å². The van der Waals surface area contributed by atoms with Gasteiger partial charge >= 0.3 is 11.9 Å². The van der Waals surface area contributed by atoms with Gasteiger partial charge in [0.2, 0.25) is 0 Å². The molecule has 1 aromatic carbocycles. The average Bonchev–Trinajstić information content (AvgIpc) is 2.57. The van der Waals surface area contributed by atoms with Gasteiger partial charge in [-0.3, -0.25) is 9.59 Å². The van der Waals surface area contributed by atoms with E-state index in [4.69, 9.17) is 4.74 Å². The van der Waals surface area contributed by atoms with E-state index in [0.29, 0.717) is 0 Å². The van der Waals surface area contributed by atoms with Crippen molar-refractivity contribution in [2.75, 3.05) is 6.61 Å². The molecule has 4 heteroatoms. The van der Waals surface area contributed by atoms with E-state index in [2.05, 4.69) is 6.92 Å². The first-order chi connectivity index (χ1) is 11.6. The zero-order chi connectivity index (χ0) is 17.8. The van der Waals surface area contributed by atoms with Crippen molar-refractivity contribution in [3.05, 3.63) is 41.5 Å². The summed E-state index contributed by atoms with van der Waals surface area (Å²) in [5.41, 5.74) is 2.00. The van der Waals surface area contributed by atoms with Gasteiger partial charge in [0.1, 0.15) is 0 Å². The number of rotatable bonds is 11. The highest BCUT2D eigenvalue weighted by Crippen LogP contribution is 2.22. The second-order valence-electron chi connectivity index (χ2n) is 5.93. The largest absolute Gasteiger partial charge is 0.481 e. The highest BCUT2D eigenvalue weighted by Gasteiger charge is 2.28. The molecule has 0 bridgehead atoms. The number of unbranched alkanes of at least 4 members (excludes halogenated alkanes) is 2. The third kappa shape index (κ3) is 7.44. The summed E-state index contributed by atoms with van der Waals surface area (Å²) in [6.07, 6.45) is 6.62. The van der Waals surface area contributed by atoms with Crippen LogP contribution in [0, 0.1) is 5.92 Å². The molecule has 0 aromatic heterocycles. The SMILES string of the molecule is CCCCOC(=O)C(C/C(=C\c1ccccc1)CCCC)C(=O)O. The van der Waals surface area contributed by atoms with Gasteiger partial charge in [-0.2, -0.15) is 0 Å². The predicted molar refractivity (Wildman–Crippen MR) is 95.6 cm³/mol. The van der Waals surface area contributed by atoms with Gasteiger partial charge < -0.3 is 9.84 Å². The van der Waals surface area contributed by atoms with Gasteiger partial charge in [-0.05, 0) is 31.2 Å². The molecule has 1 unspecified atom stereocenters. The van der Waals surface area contributed by atoms with Crippen LogP contribution in [0.1, 0.15) is 57.9 Å². The third-order valence-electron chi connectivity index (χ3n) is 3.81. The lowest BCUT2D eigenvalue weighted by Crippen LogP contribution is -2.26. The van der Waals surface area contributed by atoms with E-state index in [1.807, 2.05) is 43.3 Å². The van der Waals surface area contributed by atoms with Crippen LogP contribution in [0.15, 0.2) is 35.9 Å². The van der Waals surface area contributed by atoms with E-state index < -0.39 is 17.9 Å². The van der Waals surface area contributed by atoms with Crippen molar-refractivity contribution >= 4 is 18.0 Å². The lowest BCUT2D eigenvalue weighted by molar-refractivity contribution is -0.158. The molecule has 0 fully saturated rings. The Morgan fingerprint density at radius 3 is 2.38 bits per heavy atom. The van der Waals surface area contributed by atoms with Gasteiger partial charge in [0, 0.05) is 0 Å². The van der Waals surface area contributed by atoms with Crippen LogP contribution >= 0.6 is 0 Å². The van der Waals surface area contributed by atoms with Gasteiger partial charge in [-0.25, -0.2) is 0 Å². The fourth-order valence-corrected chi connectivity index (χ4v) is 2.37. The lowest BCUT2D eigenvalue weighted by Gasteiger charge is -2.14. The Labute approximate surface area is 144 Å². The first-order valence-corrected chi connectivity index (χ1v) is 8.72. The molecule has 0 spiro atoms. The number of hydrogen-bond acceptors (Lipinski definition) is 3. The summed E-state index contributed by atoms with van der Waals surface area (Å²) in [5, 5.41) is 9.41. The Hall–Kier alpha value is -2.10. The molecule has 1 rings (SSSR count). The smallest absolute Gasteiger partial charge is 0.320 e. The fraction of sp³-hybridized carbons (Fsp3) is 0.500. The number of carboxylic acids is 1. The number of carbonyl (C=O) groups excluding carboxylic acids is 1. The minimum absolute atomic E-state index is 0.204. The minimum Gasteiger partial charge on any atom is -0.481 e. The van der Waals surface area contributed by atoms with E-state index in [9.17, 15) is 14.7 Å². The Balaban J connectivity index is 2.85. The number of allylic oxidation sites excluding steroid dienone is 1. The number of aliphatic carboxylic acids is 1. The molecule has 0 heterocycles. The van der Waals surface area contributed by atoms with E-state index in [1.54, 1.807) is 0 Å². The predicted octanol–water partition coefficient (Wildman–Crippen LogP) is 4.69. The average molecular weight is 332 g/mol. The number of ether oxygens (including phenoxy) is 1. The molecule has 0 aliphatic rings. The van der Waals surface area contributed by atoms with Crippen LogP contribution in [0.2, 0.25) is 0 Å². The van der Waals surface area contributed by atoms with Crippen LogP contribution < -0.4 is 0 Å². The Morgan fingerprint density at radius 1 is 1.12 bits per heavy atom. The molecule has 4 nitrogen and oxygen atoms in total. The number of benzene rings is 1. The summed E-state index contributed by atoms with van der Waals surface area (Å²) in [7, 11) is 0. The maximum absolute atomic E-state index is 12.1. The van der Waals surface area contributed by atoms with Crippen LogP contribution in [0.25, 0.3) is 6.08 Å². The monoisotopic (exact) mass is 332 g/mol. The zero-order valence-corrected chi connectivity index (χ0v) is 14.7. The van der Waals surface area contributed by atoms with Crippen molar-refractivity contribution < 1.29 is 19.4 Å². The quantitative estimate of drug-likeness (QED) is 0.362. The summed E-state index contributed by atoms with van der Waals surface area (Å²) in [5.74, 6) is -2.88. The molecule has 0 saturated heterocycles. The first kappa shape index (κ1) is 19.9. The second kappa shape index (κ2) is 11.4. The minimum atomic E-state index is -1.13. The van der Waals surface area contributed by atoms with Gasteiger partial charge in [0.05, 0.1) is 6.61 Å². The molecule has 0 aliphatic heterocycles. The molecule has 24 heavy (non-hydrogen) atoms. The van der Waals surface area contributed by atoms with Crippen LogP contribution in [0.3, 0.4) is 0 Å². The molecule has 1 aromatic rings. The molecular formula is C20H28O4. The number of carboxylic acid groups (broad SMARTS) is 1. The Morgan fingerprint density at radius 2 is 1.79 bits per heavy atom. The first-order valence-electron chi connectivity index (χ1n) is 8.72. The van der Waals surface area contributed by atoms with Crippen molar-refractivity contribution in [1.82, 2.24) is 0 Å². The normalized spacial score (nSPS) is 12.7. The molecule has 0 amide bonds. The maximum Gasteiger partial charge on any atom is 0.320 e. The molecule has 132 valence electrons. The van der Waals surface area contributed by atoms with E-state index in [-0.39, 0.29) is 13.0 Å². The summed E-state index contributed by atoms with van der Waals surface area (Å²) < 4.78 is 5.11. The second-order valence-corrected chi connectivity index (χ2v) is 5.93. The summed E-state index contributed by atoms with van der Waals surface area (Å²) in [4.78, 5) is 23.6. The van der Waals surface area contributed by atoms with Gasteiger partial charge in [0.15, 0.2) is 5.92 Å². The van der Waals surface area contributed by atoms with Gasteiger partial charge in [-0.15, -0.1) is 0 Å². The van der Waals surface area contributed by atoms with Crippen LogP contribution in [0.4, 0.5) is 0 Å². The summed E-state index contributed by atoms with van der Waals surface area (Å²) >= 11 is 0.